The molecule has 0 aliphatic heterocycles. The van der Waals surface area contributed by atoms with E-state index >= 15 is 0 Å². The second-order valence-corrected chi connectivity index (χ2v) is 5.84. The zero-order valence-electron chi connectivity index (χ0n) is 10.9. The second kappa shape index (κ2) is 5.53. The minimum Gasteiger partial charge on any atom is -0.375 e. The lowest BCUT2D eigenvalue weighted by Crippen LogP contribution is -2.16. The Balaban J connectivity index is 2.27. The first kappa shape index (κ1) is 13.1. The second-order valence-electron chi connectivity index (χ2n) is 4.86. The smallest absolute Gasteiger partial charge is 0.146 e. The van der Waals surface area contributed by atoms with Crippen LogP contribution in [-0.4, -0.2) is 0 Å². The summed E-state index contributed by atoms with van der Waals surface area (Å²) in [7, 11) is 0. The molecule has 2 aromatic rings. The van der Waals surface area contributed by atoms with E-state index in [1.54, 1.807) is 17.4 Å². The van der Waals surface area contributed by atoms with Crippen LogP contribution in [0.25, 0.3) is 0 Å². The number of halogens is 1. The van der Waals surface area contributed by atoms with Crippen LogP contribution in [0.3, 0.4) is 0 Å². The molecule has 0 bridgehead atoms. The number of anilines is 1. The first-order chi connectivity index (χ1) is 8.58. The SMILES string of the molecule is Cc1ccc(F)c(NC(c2cccs2)C(C)C)c1. The van der Waals surface area contributed by atoms with Crippen molar-refractivity contribution in [3.8, 4) is 0 Å². The van der Waals surface area contributed by atoms with Crippen molar-refractivity contribution in [3.05, 3.63) is 52.0 Å². The van der Waals surface area contributed by atoms with Crippen LogP contribution in [0, 0.1) is 18.7 Å². The van der Waals surface area contributed by atoms with Gasteiger partial charge in [0.15, 0.2) is 0 Å². The fraction of sp³-hybridized carbons (Fsp3) is 0.333. The maximum absolute atomic E-state index is 13.8. The Hall–Kier alpha value is -1.35. The summed E-state index contributed by atoms with van der Waals surface area (Å²) in [5, 5.41) is 5.38. The van der Waals surface area contributed by atoms with Gasteiger partial charge >= 0.3 is 0 Å². The maximum Gasteiger partial charge on any atom is 0.146 e. The van der Waals surface area contributed by atoms with Gasteiger partial charge in [-0.1, -0.05) is 26.0 Å². The van der Waals surface area contributed by atoms with Gasteiger partial charge in [-0.25, -0.2) is 4.39 Å². The summed E-state index contributed by atoms with van der Waals surface area (Å²) in [5.74, 6) is 0.214. The average molecular weight is 263 g/mol. The van der Waals surface area contributed by atoms with Crippen molar-refractivity contribution in [3.63, 3.8) is 0 Å². The molecule has 1 aromatic carbocycles. The van der Waals surface area contributed by atoms with E-state index in [-0.39, 0.29) is 11.9 Å². The largest absolute Gasteiger partial charge is 0.375 e. The predicted molar refractivity (Wildman–Crippen MR) is 76.7 cm³/mol. The van der Waals surface area contributed by atoms with Gasteiger partial charge in [-0.15, -0.1) is 11.3 Å². The summed E-state index contributed by atoms with van der Waals surface area (Å²) in [5.41, 5.74) is 1.65. The van der Waals surface area contributed by atoms with Gasteiger partial charge in [0.2, 0.25) is 0 Å². The highest BCUT2D eigenvalue weighted by atomic mass is 32.1. The van der Waals surface area contributed by atoms with E-state index in [1.165, 1.54) is 10.9 Å². The highest BCUT2D eigenvalue weighted by molar-refractivity contribution is 7.10. The Morgan fingerprint density at radius 2 is 2.00 bits per heavy atom. The van der Waals surface area contributed by atoms with Crippen LogP contribution in [0.4, 0.5) is 10.1 Å². The minimum absolute atomic E-state index is 0.154. The van der Waals surface area contributed by atoms with Crippen molar-refractivity contribution in [2.75, 3.05) is 5.32 Å². The molecule has 0 saturated heterocycles. The van der Waals surface area contributed by atoms with Crippen LogP contribution in [-0.2, 0) is 0 Å². The van der Waals surface area contributed by atoms with E-state index in [1.807, 2.05) is 19.1 Å². The standard InChI is InChI=1S/C15H18FNS/c1-10(2)15(14-5-4-8-18-14)17-13-9-11(3)6-7-12(13)16/h4-10,15,17H,1-3H3. The molecule has 18 heavy (non-hydrogen) atoms. The van der Waals surface area contributed by atoms with E-state index in [4.69, 9.17) is 0 Å². The number of hydrogen-bond acceptors (Lipinski definition) is 2. The Morgan fingerprint density at radius 1 is 1.22 bits per heavy atom. The summed E-state index contributed by atoms with van der Waals surface area (Å²) in [4.78, 5) is 1.24. The summed E-state index contributed by atoms with van der Waals surface area (Å²) < 4.78 is 13.8. The van der Waals surface area contributed by atoms with Crippen LogP contribution in [0.2, 0.25) is 0 Å². The topological polar surface area (TPSA) is 12.0 Å². The molecule has 1 nitrogen and oxygen atoms in total. The molecule has 0 saturated carbocycles. The van der Waals surface area contributed by atoms with Gasteiger partial charge in [0.1, 0.15) is 5.82 Å². The molecular formula is C15H18FNS. The lowest BCUT2D eigenvalue weighted by atomic mass is 10.0. The van der Waals surface area contributed by atoms with Crippen LogP contribution in [0.1, 0.15) is 30.3 Å². The van der Waals surface area contributed by atoms with Crippen molar-refractivity contribution in [2.45, 2.75) is 26.8 Å². The van der Waals surface area contributed by atoms with E-state index in [0.717, 1.165) is 5.56 Å². The molecular weight excluding hydrogens is 245 g/mol. The zero-order valence-corrected chi connectivity index (χ0v) is 11.7. The minimum atomic E-state index is -0.192. The van der Waals surface area contributed by atoms with Gasteiger partial charge in [0, 0.05) is 4.88 Å². The molecule has 1 N–H and O–H groups in total. The van der Waals surface area contributed by atoms with E-state index in [2.05, 4.69) is 30.6 Å². The highest BCUT2D eigenvalue weighted by Gasteiger charge is 2.18. The number of thiophene rings is 1. The average Bonchev–Trinajstić information content (AvgIpc) is 2.83. The van der Waals surface area contributed by atoms with Crippen LogP contribution < -0.4 is 5.32 Å². The molecule has 2 rings (SSSR count). The van der Waals surface area contributed by atoms with Gasteiger partial charge in [0.25, 0.3) is 0 Å². The third-order valence-corrected chi connectivity index (χ3v) is 3.90. The summed E-state index contributed by atoms with van der Waals surface area (Å²) in [6.45, 7) is 6.26. The molecule has 0 spiro atoms. The predicted octanol–water partition coefficient (Wildman–Crippen LogP) is 5.00. The molecule has 3 heteroatoms. The van der Waals surface area contributed by atoms with Crippen LogP contribution in [0.15, 0.2) is 35.7 Å². The first-order valence-corrected chi connectivity index (χ1v) is 7.02. The lowest BCUT2D eigenvalue weighted by molar-refractivity contribution is 0.546. The van der Waals surface area contributed by atoms with Gasteiger partial charge in [0.05, 0.1) is 11.7 Å². The normalized spacial score (nSPS) is 12.7. The highest BCUT2D eigenvalue weighted by Crippen LogP contribution is 2.30. The molecule has 1 atom stereocenters. The van der Waals surface area contributed by atoms with E-state index in [0.29, 0.717) is 11.6 Å². The molecule has 0 fully saturated rings. The Bertz CT molecular complexity index is 505. The molecule has 0 amide bonds. The third kappa shape index (κ3) is 2.91. The number of benzene rings is 1. The molecule has 0 radical (unpaired) electrons. The number of hydrogen-bond donors (Lipinski definition) is 1. The number of nitrogens with one attached hydrogen (secondary N) is 1. The van der Waals surface area contributed by atoms with Crippen molar-refractivity contribution in [1.82, 2.24) is 0 Å². The van der Waals surface area contributed by atoms with Gasteiger partial charge in [-0.05, 0) is 42.0 Å². The number of aryl methyl sites for hydroxylation is 1. The molecule has 1 unspecified atom stereocenters. The van der Waals surface area contributed by atoms with Gasteiger partial charge in [-0.3, -0.25) is 0 Å². The van der Waals surface area contributed by atoms with Gasteiger partial charge < -0.3 is 5.32 Å². The van der Waals surface area contributed by atoms with E-state index < -0.39 is 0 Å². The summed E-state index contributed by atoms with van der Waals surface area (Å²) in [6, 6.07) is 9.44. The van der Waals surface area contributed by atoms with Crippen LogP contribution in [0.5, 0.6) is 0 Å². The molecule has 0 aliphatic rings. The molecule has 1 aromatic heterocycles. The van der Waals surface area contributed by atoms with Crippen molar-refractivity contribution in [2.24, 2.45) is 5.92 Å². The van der Waals surface area contributed by atoms with Crippen molar-refractivity contribution in [1.29, 1.82) is 0 Å². The quantitative estimate of drug-likeness (QED) is 0.818. The zero-order chi connectivity index (χ0) is 13.1. The van der Waals surface area contributed by atoms with Crippen molar-refractivity contribution < 1.29 is 4.39 Å². The number of rotatable bonds is 4. The molecule has 0 aliphatic carbocycles. The Labute approximate surface area is 112 Å². The lowest BCUT2D eigenvalue weighted by Gasteiger charge is -2.23. The van der Waals surface area contributed by atoms with Crippen molar-refractivity contribution >= 4 is 17.0 Å². The summed E-state index contributed by atoms with van der Waals surface area (Å²) >= 11 is 1.70. The maximum atomic E-state index is 13.8. The molecule has 96 valence electrons. The fourth-order valence-corrected chi connectivity index (χ4v) is 2.90. The van der Waals surface area contributed by atoms with Crippen LogP contribution >= 0.6 is 11.3 Å². The molecule has 1 heterocycles. The monoisotopic (exact) mass is 263 g/mol. The third-order valence-electron chi connectivity index (χ3n) is 2.95. The Kier molecular flexibility index (Phi) is 4.02. The fourth-order valence-electron chi connectivity index (χ4n) is 1.95. The first-order valence-electron chi connectivity index (χ1n) is 6.14. The Morgan fingerprint density at radius 3 is 2.61 bits per heavy atom. The van der Waals surface area contributed by atoms with Gasteiger partial charge in [-0.2, -0.15) is 0 Å². The summed E-state index contributed by atoms with van der Waals surface area (Å²) in [6.07, 6.45) is 0. The van der Waals surface area contributed by atoms with E-state index in [9.17, 15) is 4.39 Å².